The van der Waals surface area contributed by atoms with Crippen molar-refractivity contribution in [3.63, 3.8) is 0 Å². The Bertz CT molecular complexity index is 2920. The Balaban J connectivity index is 0.854. The van der Waals surface area contributed by atoms with Gasteiger partial charge in [-0.05, 0) is 251 Å². The van der Waals surface area contributed by atoms with Crippen LogP contribution in [0.2, 0.25) is 36.3 Å². The highest BCUT2D eigenvalue weighted by molar-refractivity contribution is 6.74. The van der Waals surface area contributed by atoms with Crippen molar-refractivity contribution in [3.05, 3.63) is 124 Å². The molecule has 4 aromatic rings. The van der Waals surface area contributed by atoms with Crippen molar-refractivity contribution in [2.75, 3.05) is 31.3 Å². The van der Waals surface area contributed by atoms with Crippen molar-refractivity contribution in [2.24, 2.45) is 0 Å². The average molecular weight is 1270 g/mol. The standard InChI is InChI=1S/C76H114N4O8Si2/c1-71(2,3)89(15,16)87-79-73(7,8)50-63(51-74(79,9)10)85-46-25-21-19-23-44-83-61-39-33-57(34-40-61)69(56-31-37-60(38-32-56)78-67-29-27-28-65(67)66-49-55(30-43-68(66)78)48-59(54-77)70(81)82)58-35-41-62(42-36-58)84-45-24-20-22-26-47-86-64-52-75(11,12)80(76(13,14)53-64)88-90(17,18)72(4,5)6/h30-43,48-49,63-65,67,69H,19-29,44-47,50-53H2,1-18H3,(H,81,82)/b59-48-. The van der Waals surface area contributed by atoms with E-state index in [4.69, 9.17) is 28.0 Å². The third-order valence-corrected chi connectivity index (χ3v) is 29.3. The smallest absolute Gasteiger partial charge is 0.346 e. The number of unbranched alkanes of at least 4 members (excludes halogenated alkanes) is 6. The molecule has 0 amide bonds. The summed E-state index contributed by atoms with van der Waals surface area (Å²) in [6.07, 6.45) is 17.5. The molecule has 14 heteroatoms. The number of hydrogen-bond acceptors (Lipinski definition) is 11. The van der Waals surface area contributed by atoms with Gasteiger partial charge in [0.1, 0.15) is 23.1 Å². The van der Waals surface area contributed by atoms with Gasteiger partial charge in [0, 0.05) is 64.6 Å². The number of carbonyl (C=O) groups is 1. The molecule has 0 radical (unpaired) electrons. The Labute approximate surface area is 545 Å². The maximum Gasteiger partial charge on any atom is 0.346 e. The van der Waals surface area contributed by atoms with E-state index in [1.165, 1.54) is 28.3 Å². The minimum absolute atomic E-state index is 0.0322. The van der Waals surface area contributed by atoms with Crippen molar-refractivity contribution >= 4 is 40.1 Å². The third kappa shape index (κ3) is 17.3. The molecule has 3 fully saturated rings. The van der Waals surface area contributed by atoms with Crippen LogP contribution in [0, 0.1) is 11.3 Å². The van der Waals surface area contributed by atoms with Gasteiger partial charge in [0.15, 0.2) is 0 Å². The molecule has 1 N–H and O–H groups in total. The van der Waals surface area contributed by atoms with Gasteiger partial charge in [0.05, 0.1) is 25.4 Å². The van der Waals surface area contributed by atoms with E-state index in [0.717, 1.165) is 138 Å². The molecule has 4 aromatic carbocycles. The second-order valence-electron chi connectivity index (χ2n) is 32.3. The summed E-state index contributed by atoms with van der Waals surface area (Å²) in [6, 6.07) is 34.7. The maximum atomic E-state index is 11.7. The van der Waals surface area contributed by atoms with Gasteiger partial charge in [0.2, 0.25) is 16.6 Å². The van der Waals surface area contributed by atoms with Crippen molar-refractivity contribution in [3.8, 4) is 17.6 Å². The first-order valence-corrected chi connectivity index (χ1v) is 40.0. The first-order valence-electron chi connectivity index (χ1n) is 34.2. The van der Waals surface area contributed by atoms with Gasteiger partial charge in [-0.1, -0.05) is 103 Å². The van der Waals surface area contributed by atoms with Crippen molar-refractivity contribution in [1.29, 1.82) is 5.26 Å². The number of nitriles is 1. The minimum atomic E-state index is -1.99. The Hall–Kier alpha value is -4.83. The summed E-state index contributed by atoms with van der Waals surface area (Å²) in [7, 11) is -3.97. The summed E-state index contributed by atoms with van der Waals surface area (Å²) in [5, 5.41) is 24.0. The van der Waals surface area contributed by atoms with E-state index in [-0.39, 0.29) is 55.9 Å². The summed E-state index contributed by atoms with van der Waals surface area (Å²) in [6.45, 7) is 44.6. The molecule has 12 nitrogen and oxygen atoms in total. The molecule has 2 unspecified atom stereocenters. The zero-order valence-corrected chi connectivity index (χ0v) is 60.7. The maximum absolute atomic E-state index is 11.7. The van der Waals surface area contributed by atoms with Crippen LogP contribution in [-0.2, 0) is 23.3 Å². The van der Waals surface area contributed by atoms with Gasteiger partial charge in [-0.25, -0.2) is 4.79 Å². The lowest BCUT2D eigenvalue weighted by Gasteiger charge is -2.57. The highest BCUT2D eigenvalue weighted by Gasteiger charge is 2.53. The minimum Gasteiger partial charge on any atom is -0.494 e. The highest BCUT2D eigenvalue weighted by atomic mass is 28.4. The number of benzene rings is 4. The van der Waals surface area contributed by atoms with Crippen LogP contribution in [-0.4, -0.2) is 105 Å². The van der Waals surface area contributed by atoms with Crippen LogP contribution < -0.4 is 14.4 Å². The van der Waals surface area contributed by atoms with Gasteiger partial charge >= 0.3 is 5.97 Å². The molecular formula is C76H114N4O8Si2. The number of carboxylic acid groups (broad SMARTS) is 1. The van der Waals surface area contributed by atoms with Crippen molar-refractivity contribution < 1.29 is 37.9 Å². The van der Waals surface area contributed by atoms with Crippen LogP contribution in [0.5, 0.6) is 11.5 Å². The number of hydroxylamine groups is 4. The summed E-state index contributed by atoms with van der Waals surface area (Å²) >= 11 is 0. The molecule has 0 bridgehead atoms. The molecule has 2 atom stereocenters. The monoisotopic (exact) mass is 1270 g/mol. The fourth-order valence-corrected chi connectivity index (χ4v) is 16.8. The van der Waals surface area contributed by atoms with Crippen LogP contribution in [0.1, 0.15) is 233 Å². The number of carboxylic acids is 1. The van der Waals surface area contributed by atoms with E-state index >= 15 is 0 Å². The Morgan fingerprint density at radius 2 is 0.989 bits per heavy atom. The molecule has 1 saturated carbocycles. The summed E-state index contributed by atoms with van der Waals surface area (Å²) in [5.74, 6) is 0.858. The van der Waals surface area contributed by atoms with Crippen molar-refractivity contribution in [1.82, 2.24) is 10.1 Å². The van der Waals surface area contributed by atoms with E-state index in [9.17, 15) is 15.2 Å². The van der Waals surface area contributed by atoms with Crippen LogP contribution in [0.4, 0.5) is 11.4 Å². The number of nitrogens with zero attached hydrogens (tertiary/aromatic N) is 4. The molecule has 4 aliphatic rings. The number of anilines is 2. The topological polar surface area (TPSA) is 126 Å². The summed E-state index contributed by atoms with van der Waals surface area (Å²) < 4.78 is 39.9. The van der Waals surface area contributed by atoms with Crippen LogP contribution >= 0.6 is 0 Å². The first-order chi connectivity index (χ1) is 42.1. The predicted octanol–water partition coefficient (Wildman–Crippen LogP) is 19.5. The Kier molecular flexibility index (Phi) is 22.7. The molecule has 0 aromatic heterocycles. The normalized spacial score (nSPS) is 20.7. The second-order valence-corrected chi connectivity index (χ2v) is 41.7. The molecule has 494 valence electrons. The van der Waals surface area contributed by atoms with Gasteiger partial charge in [-0.15, -0.1) is 0 Å². The first kappa shape index (κ1) is 71.0. The van der Waals surface area contributed by atoms with E-state index in [1.807, 2.05) is 12.1 Å². The average Bonchev–Trinajstić information content (AvgIpc) is 1.42. The lowest BCUT2D eigenvalue weighted by molar-refractivity contribution is -0.248. The van der Waals surface area contributed by atoms with Crippen LogP contribution in [0.15, 0.2) is 96.6 Å². The molecular weight excluding hydrogens is 1150 g/mol. The van der Waals surface area contributed by atoms with Gasteiger partial charge in [-0.2, -0.15) is 15.4 Å². The zero-order chi connectivity index (χ0) is 65.7. The summed E-state index contributed by atoms with van der Waals surface area (Å²) in [5.41, 5.74) is 7.09. The number of hydrogen-bond donors (Lipinski definition) is 1. The van der Waals surface area contributed by atoms with E-state index in [0.29, 0.717) is 25.2 Å². The number of fused-ring (bicyclic) bond motifs is 3. The summed E-state index contributed by atoms with van der Waals surface area (Å²) in [4.78, 5) is 14.2. The van der Waals surface area contributed by atoms with Gasteiger partial charge in [-0.3, -0.25) is 0 Å². The molecule has 90 heavy (non-hydrogen) atoms. The lowest BCUT2D eigenvalue weighted by Crippen LogP contribution is -2.65. The van der Waals surface area contributed by atoms with Crippen molar-refractivity contribution in [2.45, 2.75) is 282 Å². The Morgan fingerprint density at radius 1 is 0.589 bits per heavy atom. The second kappa shape index (κ2) is 28.8. The lowest BCUT2D eigenvalue weighted by atomic mass is 9.80. The number of rotatable bonds is 28. The zero-order valence-electron chi connectivity index (χ0n) is 58.7. The van der Waals surface area contributed by atoms with Gasteiger partial charge in [0.25, 0.3) is 0 Å². The molecule has 1 aliphatic carbocycles. The third-order valence-electron chi connectivity index (χ3n) is 20.8. The molecule has 3 aliphatic heterocycles. The number of aliphatic carboxylic acids is 1. The number of ether oxygens (including phenoxy) is 4. The van der Waals surface area contributed by atoms with E-state index < -0.39 is 22.6 Å². The number of piperidine rings is 2. The van der Waals surface area contributed by atoms with Gasteiger partial charge < -0.3 is 38.0 Å². The SMILES string of the molecule is CC1(C)CC(OCCCCCCOc2ccc(C(c3ccc(OCCCCCCOC4CC(C)(C)N(O[Si](C)(C)C(C)(C)C)C(C)(C)C4)cc3)c3ccc(N4c5ccc(/C=C(/C#N)C(=O)O)cc5C5CCCC54)cc3)cc2)CC(C)(C)N1O[Si](C)(C)C(C)(C)C. The van der Waals surface area contributed by atoms with Crippen LogP contribution in [0.25, 0.3) is 6.08 Å². The van der Waals surface area contributed by atoms with Crippen LogP contribution in [0.3, 0.4) is 0 Å². The fraction of sp³-hybridized carbons (Fsp3) is 0.632. The predicted molar refractivity (Wildman–Crippen MR) is 373 cm³/mol. The highest BCUT2D eigenvalue weighted by Crippen LogP contribution is 2.53. The van der Waals surface area contributed by atoms with E-state index in [1.54, 1.807) is 0 Å². The fourth-order valence-electron chi connectivity index (χ4n) is 14.3. The molecule has 0 spiro atoms. The largest absolute Gasteiger partial charge is 0.494 e. The Morgan fingerprint density at radius 3 is 1.38 bits per heavy atom. The molecule has 8 rings (SSSR count). The quantitative estimate of drug-likeness (QED) is 0.0191. The van der Waals surface area contributed by atoms with E-state index in [2.05, 4.69) is 223 Å². The molecule has 2 saturated heterocycles. The molecule has 3 heterocycles.